The van der Waals surface area contributed by atoms with Crippen LogP contribution >= 0.6 is 31.9 Å². The van der Waals surface area contributed by atoms with E-state index < -0.39 is 0 Å². The monoisotopic (exact) mass is 318 g/mol. The maximum Gasteiger partial charge on any atom is 0.188 e. The largest absolute Gasteiger partial charge is 0.228 e. The number of rotatable bonds is 2. The summed E-state index contributed by atoms with van der Waals surface area (Å²) in [4.78, 5) is 8.55. The predicted octanol–water partition coefficient (Wildman–Crippen LogP) is 2.60. The Labute approximate surface area is 98.0 Å². The van der Waals surface area contributed by atoms with E-state index in [0.29, 0.717) is 4.60 Å². The van der Waals surface area contributed by atoms with Crippen LogP contribution < -0.4 is 0 Å². The van der Waals surface area contributed by atoms with Crippen LogP contribution in [0.1, 0.15) is 19.2 Å². The fourth-order valence-electron chi connectivity index (χ4n) is 1.20. The Morgan fingerprint density at radius 2 is 2.14 bits per heavy atom. The van der Waals surface area contributed by atoms with Gasteiger partial charge in [0.15, 0.2) is 16.1 Å². The van der Waals surface area contributed by atoms with E-state index in [1.807, 2.05) is 0 Å². The molecule has 0 N–H and O–H groups in total. The number of aryl methyl sites for hydroxylation is 1. The van der Waals surface area contributed by atoms with Crippen LogP contribution in [-0.2, 0) is 6.42 Å². The Bertz CT molecular complexity index is 466. The van der Waals surface area contributed by atoms with Crippen LogP contribution in [0.3, 0.4) is 0 Å². The lowest BCUT2D eigenvalue weighted by Gasteiger charge is -1.93. The molecule has 0 aliphatic carbocycles. The third-order valence-corrected chi connectivity index (χ3v) is 2.68. The minimum absolute atomic E-state index is 0.710. The molecule has 0 radical (unpaired) electrons. The van der Waals surface area contributed by atoms with E-state index in [2.05, 4.69) is 53.9 Å². The summed E-state index contributed by atoms with van der Waals surface area (Å²) in [5.74, 6) is 0.855. The summed E-state index contributed by atoms with van der Waals surface area (Å²) in [7, 11) is 0. The molecule has 0 amide bonds. The van der Waals surface area contributed by atoms with E-state index in [9.17, 15) is 0 Å². The van der Waals surface area contributed by atoms with Gasteiger partial charge in [-0.1, -0.05) is 6.92 Å². The molecule has 2 rings (SSSR count). The second kappa shape index (κ2) is 3.94. The van der Waals surface area contributed by atoms with E-state index in [1.165, 1.54) is 0 Å². The Morgan fingerprint density at radius 3 is 2.86 bits per heavy atom. The van der Waals surface area contributed by atoms with Gasteiger partial charge >= 0.3 is 0 Å². The molecule has 2 aromatic rings. The van der Waals surface area contributed by atoms with E-state index in [1.54, 1.807) is 10.7 Å². The second-order valence-electron chi connectivity index (χ2n) is 2.90. The van der Waals surface area contributed by atoms with Gasteiger partial charge in [-0.2, -0.15) is 5.10 Å². The van der Waals surface area contributed by atoms with Crippen LogP contribution in [0.2, 0.25) is 0 Å². The molecule has 0 unspecified atom stereocenters. The lowest BCUT2D eigenvalue weighted by molar-refractivity contribution is 0.815. The van der Waals surface area contributed by atoms with Crippen molar-refractivity contribution in [3.63, 3.8) is 0 Å². The molecule has 0 saturated heterocycles. The molecule has 2 heterocycles. The number of aromatic nitrogens is 4. The lowest BCUT2D eigenvalue weighted by Crippen LogP contribution is -1.91. The number of hydrogen-bond acceptors (Lipinski definition) is 3. The van der Waals surface area contributed by atoms with Crippen molar-refractivity contribution < 1.29 is 0 Å². The van der Waals surface area contributed by atoms with Gasteiger partial charge < -0.3 is 0 Å². The Kier molecular flexibility index (Phi) is 2.83. The molecule has 0 bridgehead atoms. The van der Waals surface area contributed by atoms with E-state index >= 15 is 0 Å². The summed E-state index contributed by atoms with van der Waals surface area (Å²) >= 11 is 6.65. The molecule has 74 valence electrons. The minimum atomic E-state index is 0.710. The van der Waals surface area contributed by atoms with Crippen molar-refractivity contribution in [1.29, 1.82) is 0 Å². The van der Waals surface area contributed by atoms with Crippen molar-refractivity contribution in [3.05, 3.63) is 21.2 Å². The normalized spacial score (nSPS) is 11.1. The van der Waals surface area contributed by atoms with Crippen LogP contribution in [-0.4, -0.2) is 19.6 Å². The van der Waals surface area contributed by atoms with Gasteiger partial charge in [-0.05, 0) is 38.3 Å². The predicted molar refractivity (Wildman–Crippen MR) is 60.2 cm³/mol. The lowest BCUT2D eigenvalue weighted by atomic mass is 10.3. The zero-order chi connectivity index (χ0) is 10.1. The third-order valence-electron chi connectivity index (χ3n) is 1.77. The van der Waals surface area contributed by atoms with Crippen LogP contribution in [0.25, 0.3) is 5.65 Å². The standard InChI is InChI=1S/C8H8Br2N4/c1-2-3-6-12-8-7(10)11-5(9)4-14(8)13-6/h4H,2-3H2,1H3. The number of hydrogen-bond donors (Lipinski definition) is 0. The molecule has 4 nitrogen and oxygen atoms in total. The van der Waals surface area contributed by atoms with Gasteiger partial charge in [0.05, 0.1) is 6.20 Å². The highest BCUT2D eigenvalue weighted by Gasteiger charge is 2.07. The fraction of sp³-hybridized carbons (Fsp3) is 0.375. The van der Waals surface area contributed by atoms with Crippen molar-refractivity contribution in [2.45, 2.75) is 19.8 Å². The first-order valence-electron chi connectivity index (χ1n) is 4.28. The molecule has 0 spiro atoms. The Hall–Kier alpha value is -0.490. The molecular weight excluding hydrogens is 312 g/mol. The van der Waals surface area contributed by atoms with Crippen LogP contribution in [0.5, 0.6) is 0 Å². The highest BCUT2D eigenvalue weighted by Crippen LogP contribution is 2.17. The molecule has 0 fully saturated rings. The van der Waals surface area contributed by atoms with Gasteiger partial charge in [0.1, 0.15) is 4.60 Å². The van der Waals surface area contributed by atoms with E-state index in [0.717, 1.165) is 28.9 Å². The molecule has 0 aliphatic heterocycles. The average molecular weight is 320 g/mol. The molecule has 14 heavy (non-hydrogen) atoms. The Balaban J connectivity index is 2.58. The molecule has 2 aromatic heterocycles. The zero-order valence-electron chi connectivity index (χ0n) is 7.54. The van der Waals surface area contributed by atoms with Crippen molar-refractivity contribution in [2.75, 3.05) is 0 Å². The number of halogens is 2. The SMILES string of the molecule is CCCc1nc2c(Br)nc(Br)cn2n1. The summed E-state index contributed by atoms with van der Waals surface area (Å²) in [6, 6.07) is 0. The van der Waals surface area contributed by atoms with Gasteiger partial charge in [-0.15, -0.1) is 0 Å². The quantitative estimate of drug-likeness (QED) is 0.854. The first-order chi connectivity index (χ1) is 6.70. The summed E-state index contributed by atoms with van der Waals surface area (Å²) in [6.45, 7) is 2.11. The smallest absolute Gasteiger partial charge is 0.188 e. The minimum Gasteiger partial charge on any atom is -0.228 e. The summed E-state index contributed by atoms with van der Waals surface area (Å²) in [5, 5.41) is 4.33. The van der Waals surface area contributed by atoms with E-state index in [4.69, 9.17) is 0 Å². The van der Waals surface area contributed by atoms with Crippen molar-refractivity contribution in [1.82, 2.24) is 19.6 Å². The summed E-state index contributed by atoms with van der Waals surface area (Å²) in [5.41, 5.74) is 0.761. The maximum atomic E-state index is 4.36. The van der Waals surface area contributed by atoms with Gasteiger partial charge in [0.25, 0.3) is 0 Å². The third kappa shape index (κ3) is 1.81. The molecular formula is C8H8Br2N4. The van der Waals surface area contributed by atoms with Crippen LogP contribution in [0.15, 0.2) is 15.4 Å². The van der Waals surface area contributed by atoms with Gasteiger partial charge in [0, 0.05) is 6.42 Å². The highest BCUT2D eigenvalue weighted by molar-refractivity contribution is 9.11. The maximum absolute atomic E-state index is 4.36. The molecule has 0 atom stereocenters. The highest BCUT2D eigenvalue weighted by atomic mass is 79.9. The first-order valence-corrected chi connectivity index (χ1v) is 5.86. The zero-order valence-corrected chi connectivity index (χ0v) is 10.7. The van der Waals surface area contributed by atoms with E-state index in [-0.39, 0.29) is 0 Å². The van der Waals surface area contributed by atoms with Gasteiger partial charge in [-0.25, -0.2) is 14.5 Å². The molecule has 0 saturated carbocycles. The summed E-state index contributed by atoms with van der Waals surface area (Å²) < 4.78 is 3.18. The first kappa shape index (κ1) is 10.0. The van der Waals surface area contributed by atoms with Crippen LogP contribution in [0.4, 0.5) is 0 Å². The molecule has 6 heteroatoms. The topological polar surface area (TPSA) is 43.1 Å². The average Bonchev–Trinajstić information content (AvgIpc) is 2.48. The molecule has 0 aliphatic rings. The second-order valence-corrected chi connectivity index (χ2v) is 4.46. The van der Waals surface area contributed by atoms with Gasteiger partial charge in [-0.3, -0.25) is 0 Å². The number of fused-ring (bicyclic) bond motifs is 1. The Morgan fingerprint density at radius 1 is 1.36 bits per heavy atom. The van der Waals surface area contributed by atoms with Crippen molar-refractivity contribution in [2.24, 2.45) is 0 Å². The van der Waals surface area contributed by atoms with Crippen LogP contribution in [0, 0.1) is 0 Å². The van der Waals surface area contributed by atoms with Gasteiger partial charge in [0.2, 0.25) is 0 Å². The van der Waals surface area contributed by atoms with Crippen molar-refractivity contribution in [3.8, 4) is 0 Å². The van der Waals surface area contributed by atoms with Crippen molar-refractivity contribution >= 4 is 37.5 Å². The summed E-state index contributed by atoms with van der Waals surface area (Å²) in [6.07, 6.45) is 3.74. The number of nitrogens with zero attached hydrogens (tertiary/aromatic N) is 4. The fourth-order valence-corrected chi connectivity index (χ4v) is 2.27. The molecule has 0 aromatic carbocycles.